The highest BCUT2D eigenvalue weighted by Gasteiger charge is 2.38. The van der Waals surface area contributed by atoms with E-state index in [-0.39, 0.29) is 11.9 Å². The largest absolute Gasteiger partial charge is 0.493 e. The number of nitrogens with zero attached hydrogens (tertiary/aromatic N) is 1. The van der Waals surface area contributed by atoms with Crippen molar-refractivity contribution >= 4 is 5.91 Å². The van der Waals surface area contributed by atoms with Crippen molar-refractivity contribution in [3.8, 4) is 17.2 Å². The van der Waals surface area contributed by atoms with Crippen LogP contribution in [0, 0.1) is 5.92 Å². The van der Waals surface area contributed by atoms with Gasteiger partial charge in [0.05, 0.1) is 24.5 Å². The number of nitrogens with one attached hydrogen (secondary N) is 1. The summed E-state index contributed by atoms with van der Waals surface area (Å²) in [6, 6.07) is 9.63. The molecule has 1 aliphatic carbocycles. The van der Waals surface area contributed by atoms with Crippen molar-refractivity contribution in [3.05, 3.63) is 60.4 Å². The molecule has 1 aromatic carbocycles. The molecule has 0 radical (unpaired) electrons. The van der Waals surface area contributed by atoms with Crippen molar-refractivity contribution in [2.24, 2.45) is 5.92 Å². The summed E-state index contributed by atoms with van der Waals surface area (Å²) in [6.45, 7) is 8.31. The molecule has 1 saturated carbocycles. The van der Waals surface area contributed by atoms with Gasteiger partial charge in [-0.15, -0.1) is 6.58 Å². The molecule has 0 bridgehead atoms. The second-order valence-corrected chi connectivity index (χ2v) is 8.27. The summed E-state index contributed by atoms with van der Waals surface area (Å²) < 4.78 is 17.9. The number of hydrogen-bond donors (Lipinski definition) is 1. The summed E-state index contributed by atoms with van der Waals surface area (Å²) in [5.41, 5.74) is 1.46. The Morgan fingerprint density at radius 2 is 2.13 bits per heavy atom. The zero-order valence-corrected chi connectivity index (χ0v) is 17.5. The molecule has 1 N–H and O–H groups in total. The molecule has 4 rings (SSSR count). The van der Waals surface area contributed by atoms with Gasteiger partial charge >= 0.3 is 0 Å². The van der Waals surface area contributed by atoms with Gasteiger partial charge in [-0.1, -0.05) is 12.1 Å². The van der Waals surface area contributed by atoms with Gasteiger partial charge in [0.2, 0.25) is 5.91 Å². The molecule has 0 spiro atoms. The minimum atomic E-state index is -0.532. The number of hydrogen-bond acceptors (Lipinski definition) is 5. The van der Waals surface area contributed by atoms with Gasteiger partial charge in [0.25, 0.3) is 0 Å². The average molecular weight is 408 g/mol. The summed E-state index contributed by atoms with van der Waals surface area (Å²) in [5.74, 6) is 2.94. The minimum absolute atomic E-state index is 0.121. The van der Waals surface area contributed by atoms with Crippen molar-refractivity contribution in [1.29, 1.82) is 0 Å². The van der Waals surface area contributed by atoms with Crippen LogP contribution in [-0.2, 0) is 16.8 Å². The predicted octanol–water partition coefficient (Wildman–Crippen LogP) is 3.79. The van der Waals surface area contributed by atoms with Crippen LogP contribution in [0.1, 0.15) is 37.9 Å². The number of pyridine rings is 1. The molecule has 2 aromatic rings. The molecule has 158 valence electrons. The first-order chi connectivity index (χ1) is 14.4. The van der Waals surface area contributed by atoms with E-state index in [1.54, 1.807) is 12.3 Å². The standard InChI is InChI=1S/C24H28N2O4/c1-4-19(26-16(2)27)15-29-21-9-10-23(25-13-21)24(3)12-18-7-8-20(11-22(18)30-24)28-14-17-5-6-17/h4,7-11,13,17,19H,1,5-6,12,14-15H2,2-3H3,(H,26,27)/t19-,24?/m0/s1. The summed E-state index contributed by atoms with van der Waals surface area (Å²) in [6.07, 6.45) is 6.62. The Labute approximate surface area is 177 Å². The summed E-state index contributed by atoms with van der Waals surface area (Å²) in [7, 11) is 0. The number of benzene rings is 1. The van der Waals surface area contributed by atoms with Crippen LogP contribution in [0.2, 0.25) is 0 Å². The van der Waals surface area contributed by atoms with Gasteiger partial charge in [-0.25, -0.2) is 0 Å². The molecule has 30 heavy (non-hydrogen) atoms. The molecule has 1 fully saturated rings. The third kappa shape index (κ3) is 4.75. The van der Waals surface area contributed by atoms with E-state index < -0.39 is 5.60 Å². The lowest BCUT2D eigenvalue weighted by atomic mass is 9.95. The third-order valence-corrected chi connectivity index (χ3v) is 5.47. The van der Waals surface area contributed by atoms with Crippen molar-refractivity contribution in [2.75, 3.05) is 13.2 Å². The zero-order chi connectivity index (χ0) is 21.1. The van der Waals surface area contributed by atoms with Gasteiger partial charge in [0.1, 0.15) is 23.9 Å². The first-order valence-electron chi connectivity index (χ1n) is 10.4. The number of fused-ring (bicyclic) bond motifs is 1. The van der Waals surface area contributed by atoms with Crippen LogP contribution in [0.5, 0.6) is 17.2 Å². The normalized spacial score (nSPS) is 20.6. The molecule has 6 heteroatoms. The van der Waals surface area contributed by atoms with Crippen LogP contribution >= 0.6 is 0 Å². The Morgan fingerprint density at radius 3 is 2.80 bits per heavy atom. The lowest BCUT2D eigenvalue weighted by molar-refractivity contribution is -0.119. The van der Waals surface area contributed by atoms with Crippen molar-refractivity contribution in [1.82, 2.24) is 10.3 Å². The maximum Gasteiger partial charge on any atom is 0.217 e. The van der Waals surface area contributed by atoms with Crippen LogP contribution in [0.3, 0.4) is 0 Å². The number of rotatable bonds is 9. The van der Waals surface area contributed by atoms with Crippen molar-refractivity contribution in [2.45, 2.75) is 44.8 Å². The first-order valence-corrected chi connectivity index (χ1v) is 10.4. The molecule has 0 saturated heterocycles. The Hall–Kier alpha value is -3.02. The van der Waals surface area contributed by atoms with Crippen molar-refractivity contribution in [3.63, 3.8) is 0 Å². The van der Waals surface area contributed by atoms with Crippen LogP contribution in [0.15, 0.2) is 49.2 Å². The van der Waals surface area contributed by atoms with E-state index in [0.717, 1.165) is 41.7 Å². The van der Waals surface area contributed by atoms with Crippen LogP contribution < -0.4 is 19.5 Å². The Balaban J connectivity index is 1.38. The van der Waals surface area contributed by atoms with Gasteiger partial charge in [-0.3, -0.25) is 9.78 Å². The summed E-state index contributed by atoms with van der Waals surface area (Å²) in [4.78, 5) is 15.8. The van der Waals surface area contributed by atoms with E-state index >= 15 is 0 Å². The maximum absolute atomic E-state index is 11.2. The number of ether oxygens (including phenoxy) is 3. The minimum Gasteiger partial charge on any atom is -0.493 e. The fourth-order valence-corrected chi connectivity index (χ4v) is 3.54. The lowest BCUT2D eigenvalue weighted by Gasteiger charge is -2.23. The first kappa shape index (κ1) is 20.3. The number of aromatic nitrogens is 1. The van der Waals surface area contributed by atoms with Gasteiger partial charge in [-0.2, -0.15) is 0 Å². The molecule has 1 unspecified atom stereocenters. The van der Waals surface area contributed by atoms with Gasteiger partial charge < -0.3 is 19.5 Å². The highest BCUT2D eigenvalue weighted by molar-refractivity contribution is 5.73. The van der Waals surface area contributed by atoms with E-state index in [1.165, 1.54) is 19.8 Å². The van der Waals surface area contributed by atoms with E-state index in [9.17, 15) is 4.79 Å². The van der Waals surface area contributed by atoms with E-state index in [0.29, 0.717) is 12.4 Å². The molecule has 6 nitrogen and oxygen atoms in total. The molecular formula is C24H28N2O4. The second kappa shape index (κ2) is 8.38. The molecule has 1 aliphatic heterocycles. The topological polar surface area (TPSA) is 69.7 Å². The fourth-order valence-electron chi connectivity index (χ4n) is 3.54. The SMILES string of the molecule is C=C[C@@H](COc1ccc(C2(C)Cc3ccc(OCC4CC4)cc3O2)nc1)NC(C)=O. The summed E-state index contributed by atoms with van der Waals surface area (Å²) in [5, 5.41) is 2.76. The molecule has 1 aromatic heterocycles. The maximum atomic E-state index is 11.2. The Morgan fingerprint density at radius 1 is 1.33 bits per heavy atom. The Bertz CT molecular complexity index is 923. The predicted molar refractivity (Wildman–Crippen MR) is 114 cm³/mol. The van der Waals surface area contributed by atoms with Gasteiger partial charge in [-0.05, 0) is 49.4 Å². The smallest absolute Gasteiger partial charge is 0.217 e. The number of carbonyl (C=O) groups excluding carboxylic acids is 1. The number of carbonyl (C=O) groups is 1. The average Bonchev–Trinajstić information content (AvgIpc) is 3.49. The quantitative estimate of drug-likeness (QED) is 0.640. The second-order valence-electron chi connectivity index (χ2n) is 8.27. The van der Waals surface area contributed by atoms with E-state index in [4.69, 9.17) is 14.2 Å². The molecule has 2 heterocycles. The van der Waals surface area contributed by atoms with Crippen molar-refractivity contribution < 1.29 is 19.0 Å². The fraction of sp³-hybridized carbons (Fsp3) is 0.417. The molecule has 2 aliphatic rings. The van der Waals surface area contributed by atoms with E-state index in [2.05, 4.69) is 22.9 Å². The lowest BCUT2D eigenvalue weighted by Crippen LogP contribution is -2.36. The highest BCUT2D eigenvalue weighted by atomic mass is 16.5. The highest BCUT2D eigenvalue weighted by Crippen LogP contribution is 2.42. The van der Waals surface area contributed by atoms with Gasteiger partial charge in [0, 0.05) is 19.4 Å². The Kier molecular flexibility index (Phi) is 5.66. The van der Waals surface area contributed by atoms with E-state index in [1.807, 2.05) is 31.2 Å². The van der Waals surface area contributed by atoms with Crippen LogP contribution in [-0.4, -0.2) is 30.1 Å². The summed E-state index contributed by atoms with van der Waals surface area (Å²) >= 11 is 0. The molecular weight excluding hydrogens is 380 g/mol. The van der Waals surface area contributed by atoms with Gasteiger partial charge in [0.15, 0.2) is 5.60 Å². The molecule has 2 atom stereocenters. The zero-order valence-electron chi connectivity index (χ0n) is 17.5. The van der Waals surface area contributed by atoms with Crippen LogP contribution in [0.4, 0.5) is 0 Å². The molecule has 1 amide bonds. The third-order valence-electron chi connectivity index (χ3n) is 5.47. The number of amides is 1. The monoisotopic (exact) mass is 408 g/mol. The van der Waals surface area contributed by atoms with Crippen LogP contribution in [0.25, 0.3) is 0 Å².